The molecule has 5 heteroatoms. The van der Waals surface area contributed by atoms with Crippen molar-refractivity contribution in [3.05, 3.63) is 23.9 Å². The topological polar surface area (TPSA) is 54.5 Å². The summed E-state index contributed by atoms with van der Waals surface area (Å²) >= 11 is 0. The molecule has 1 saturated heterocycles. The second-order valence-electron chi connectivity index (χ2n) is 4.92. The molecule has 1 atom stereocenters. The number of likely N-dealkylation sites (N-methyl/N-ethyl adjacent to an activating group) is 1. The number of nitrogens with one attached hydrogen (secondary N) is 1. The number of likely N-dealkylation sites (tertiary alicyclic amines) is 1. The van der Waals surface area contributed by atoms with Crippen LogP contribution in [0.3, 0.4) is 0 Å². The lowest BCUT2D eigenvalue weighted by molar-refractivity contribution is 0.0936. The van der Waals surface area contributed by atoms with Crippen molar-refractivity contribution in [1.82, 2.24) is 15.2 Å². The number of rotatable bonds is 6. The van der Waals surface area contributed by atoms with Crippen LogP contribution in [0.1, 0.15) is 37.0 Å². The SMILES string of the molecule is CCOc1ncccc1C(=O)NC[C@@H]1CCCN1CC. The minimum Gasteiger partial charge on any atom is -0.477 e. The van der Waals surface area contributed by atoms with Gasteiger partial charge in [0.15, 0.2) is 0 Å². The molecule has 2 heterocycles. The molecule has 1 fully saturated rings. The fourth-order valence-electron chi connectivity index (χ4n) is 2.66. The molecule has 0 saturated carbocycles. The Morgan fingerprint density at radius 3 is 3.15 bits per heavy atom. The summed E-state index contributed by atoms with van der Waals surface area (Å²) in [5.74, 6) is 0.302. The predicted octanol–water partition coefficient (Wildman–Crippen LogP) is 1.69. The number of hydrogen-bond donors (Lipinski definition) is 1. The number of aromatic nitrogens is 1. The molecule has 0 spiro atoms. The number of pyridine rings is 1. The minimum absolute atomic E-state index is 0.107. The summed E-state index contributed by atoms with van der Waals surface area (Å²) in [4.78, 5) is 18.8. The average Bonchev–Trinajstić information content (AvgIpc) is 2.93. The van der Waals surface area contributed by atoms with Crippen LogP contribution < -0.4 is 10.1 Å². The Balaban J connectivity index is 1.95. The van der Waals surface area contributed by atoms with E-state index in [1.165, 1.54) is 6.42 Å². The molecule has 1 aliphatic rings. The molecular weight excluding hydrogens is 254 g/mol. The lowest BCUT2D eigenvalue weighted by atomic mass is 10.2. The number of hydrogen-bond acceptors (Lipinski definition) is 4. The van der Waals surface area contributed by atoms with Crippen LogP contribution in [-0.4, -0.2) is 48.1 Å². The van der Waals surface area contributed by atoms with Gasteiger partial charge in [-0.2, -0.15) is 0 Å². The van der Waals surface area contributed by atoms with E-state index in [2.05, 4.69) is 22.1 Å². The van der Waals surface area contributed by atoms with Crippen LogP contribution in [0.4, 0.5) is 0 Å². The Hall–Kier alpha value is -1.62. The molecule has 1 aromatic rings. The predicted molar refractivity (Wildman–Crippen MR) is 78.0 cm³/mol. The lowest BCUT2D eigenvalue weighted by Crippen LogP contribution is -2.40. The molecule has 1 N–H and O–H groups in total. The molecule has 0 aliphatic carbocycles. The van der Waals surface area contributed by atoms with Gasteiger partial charge in [0.05, 0.1) is 6.61 Å². The Kier molecular flexibility index (Phi) is 5.35. The van der Waals surface area contributed by atoms with E-state index >= 15 is 0 Å². The molecule has 20 heavy (non-hydrogen) atoms. The molecule has 110 valence electrons. The summed E-state index contributed by atoms with van der Waals surface area (Å²) < 4.78 is 5.39. The summed E-state index contributed by atoms with van der Waals surface area (Å²) in [6.07, 6.45) is 4.00. The monoisotopic (exact) mass is 277 g/mol. The van der Waals surface area contributed by atoms with Crippen LogP contribution in [-0.2, 0) is 0 Å². The maximum Gasteiger partial charge on any atom is 0.256 e. The van der Waals surface area contributed by atoms with E-state index in [9.17, 15) is 4.79 Å². The zero-order valence-electron chi connectivity index (χ0n) is 12.3. The Labute approximate surface area is 120 Å². The first-order valence-electron chi connectivity index (χ1n) is 7.36. The van der Waals surface area contributed by atoms with E-state index in [-0.39, 0.29) is 5.91 Å². The van der Waals surface area contributed by atoms with Crippen molar-refractivity contribution in [2.45, 2.75) is 32.7 Å². The molecule has 0 aromatic carbocycles. The summed E-state index contributed by atoms with van der Waals surface area (Å²) in [6, 6.07) is 3.96. The van der Waals surface area contributed by atoms with Crippen molar-refractivity contribution in [2.24, 2.45) is 0 Å². The summed E-state index contributed by atoms with van der Waals surface area (Å²) in [5.41, 5.74) is 0.510. The first-order chi connectivity index (χ1) is 9.76. The van der Waals surface area contributed by atoms with Crippen molar-refractivity contribution in [1.29, 1.82) is 0 Å². The van der Waals surface area contributed by atoms with E-state index in [1.807, 2.05) is 6.92 Å². The molecule has 0 unspecified atom stereocenters. The quantitative estimate of drug-likeness (QED) is 0.860. The van der Waals surface area contributed by atoms with Crippen LogP contribution in [0.5, 0.6) is 5.88 Å². The smallest absolute Gasteiger partial charge is 0.256 e. The molecule has 0 radical (unpaired) electrons. The van der Waals surface area contributed by atoms with Gasteiger partial charge in [-0.05, 0) is 45.0 Å². The number of carbonyl (C=O) groups excluding carboxylic acids is 1. The normalized spacial score (nSPS) is 19.0. The largest absolute Gasteiger partial charge is 0.477 e. The van der Waals surface area contributed by atoms with Gasteiger partial charge < -0.3 is 10.1 Å². The summed E-state index contributed by atoms with van der Waals surface area (Å²) in [6.45, 7) is 7.41. The first kappa shape index (κ1) is 14.8. The van der Waals surface area contributed by atoms with Crippen molar-refractivity contribution < 1.29 is 9.53 Å². The van der Waals surface area contributed by atoms with Crippen molar-refractivity contribution in [3.8, 4) is 5.88 Å². The highest BCUT2D eigenvalue weighted by molar-refractivity contribution is 5.96. The highest BCUT2D eigenvalue weighted by Gasteiger charge is 2.23. The third-order valence-electron chi connectivity index (χ3n) is 3.70. The highest BCUT2D eigenvalue weighted by Crippen LogP contribution is 2.17. The summed E-state index contributed by atoms with van der Waals surface area (Å²) in [5, 5.41) is 3.00. The number of nitrogens with zero attached hydrogens (tertiary/aromatic N) is 2. The molecule has 1 amide bonds. The van der Waals surface area contributed by atoms with Crippen LogP contribution in [0.2, 0.25) is 0 Å². The van der Waals surface area contributed by atoms with E-state index in [0.717, 1.165) is 19.5 Å². The highest BCUT2D eigenvalue weighted by atomic mass is 16.5. The fourth-order valence-corrected chi connectivity index (χ4v) is 2.66. The van der Waals surface area contributed by atoms with E-state index in [0.29, 0.717) is 30.6 Å². The maximum atomic E-state index is 12.2. The second-order valence-corrected chi connectivity index (χ2v) is 4.92. The van der Waals surface area contributed by atoms with Gasteiger partial charge in [-0.1, -0.05) is 6.92 Å². The molecule has 1 aliphatic heterocycles. The van der Waals surface area contributed by atoms with Gasteiger partial charge in [0.2, 0.25) is 5.88 Å². The number of carbonyl (C=O) groups is 1. The van der Waals surface area contributed by atoms with Crippen LogP contribution >= 0.6 is 0 Å². The third-order valence-corrected chi connectivity index (χ3v) is 3.70. The molecule has 0 bridgehead atoms. The molecule has 1 aromatic heterocycles. The van der Waals surface area contributed by atoms with E-state index in [1.54, 1.807) is 18.3 Å². The van der Waals surface area contributed by atoms with Crippen LogP contribution in [0.15, 0.2) is 18.3 Å². The van der Waals surface area contributed by atoms with Gasteiger partial charge in [0.25, 0.3) is 5.91 Å². The fraction of sp³-hybridized carbons (Fsp3) is 0.600. The maximum absolute atomic E-state index is 12.2. The van der Waals surface area contributed by atoms with Gasteiger partial charge in [-0.15, -0.1) is 0 Å². The third kappa shape index (κ3) is 3.48. The number of ether oxygens (including phenoxy) is 1. The Morgan fingerprint density at radius 1 is 1.55 bits per heavy atom. The first-order valence-corrected chi connectivity index (χ1v) is 7.36. The number of amides is 1. The molecular formula is C15H23N3O2. The minimum atomic E-state index is -0.107. The van der Waals surface area contributed by atoms with Crippen LogP contribution in [0.25, 0.3) is 0 Å². The Bertz CT molecular complexity index is 450. The van der Waals surface area contributed by atoms with Gasteiger partial charge in [0, 0.05) is 18.8 Å². The van der Waals surface area contributed by atoms with Gasteiger partial charge in [-0.3, -0.25) is 9.69 Å². The van der Waals surface area contributed by atoms with Crippen LogP contribution in [0, 0.1) is 0 Å². The van der Waals surface area contributed by atoms with Gasteiger partial charge >= 0.3 is 0 Å². The summed E-state index contributed by atoms with van der Waals surface area (Å²) in [7, 11) is 0. The van der Waals surface area contributed by atoms with E-state index in [4.69, 9.17) is 4.74 Å². The zero-order chi connectivity index (χ0) is 14.4. The van der Waals surface area contributed by atoms with Gasteiger partial charge in [0.1, 0.15) is 5.56 Å². The molecule has 5 nitrogen and oxygen atoms in total. The van der Waals surface area contributed by atoms with E-state index < -0.39 is 0 Å². The Morgan fingerprint density at radius 2 is 2.40 bits per heavy atom. The standard InChI is InChI=1S/C15H23N3O2/c1-3-18-10-6-7-12(18)11-17-14(19)13-8-5-9-16-15(13)20-4-2/h5,8-9,12H,3-4,6-7,10-11H2,1-2H3,(H,17,19)/t12-/m0/s1. The second kappa shape index (κ2) is 7.24. The average molecular weight is 277 g/mol. The molecule has 2 rings (SSSR count). The van der Waals surface area contributed by atoms with Gasteiger partial charge in [-0.25, -0.2) is 4.98 Å². The van der Waals surface area contributed by atoms with Crippen molar-refractivity contribution in [2.75, 3.05) is 26.2 Å². The zero-order valence-corrected chi connectivity index (χ0v) is 12.3. The van der Waals surface area contributed by atoms with Crippen molar-refractivity contribution in [3.63, 3.8) is 0 Å². The van der Waals surface area contributed by atoms with Crippen molar-refractivity contribution >= 4 is 5.91 Å². The lowest BCUT2D eigenvalue weighted by Gasteiger charge is -2.23.